The van der Waals surface area contributed by atoms with Gasteiger partial charge in [-0.1, -0.05) is 311 Å². The Hall–Kier alpha value is -5.26. The Balaban J connectivity index is 3.61. The molecule has 0 heterocycles. The van der Waals surface area contributed by atoms with Crippen molar-refractivity contribution < 1.29 is 24.2 Å². The summed E-state index contributed by atoms with van der Waals surface area (Å²) in [6.45, 7) is 3.90. The smallest absolute Gasteiger partial charge is 0.306 e. The molecule has 5 heteroatoms. The van der Waals surface area contributed by atoms with E-state index in [1.165, 1.54) is 96.3 Å². The molecule has 0 fully saturated rings. The normalized spacial score (nSPS) is 13.5. The van der Waals surface area contributed by atoms with Gasteiger partial charge in [0.25, 0.3) is 0 Å². The van der Waals surface area contributed by atoms with E-state index in [1.54, 1.807) is 0 Å². The summed E-state index contributed by atoms with van der Waals surface area (Å²) in [5.41, 5.74) is 0. The molecule has 0 aromatic carbocycles. The Morgan fingerprint density at radius 1 is 0.274 bits per heavy atom. The minimum Gasteiger partial charge on any atom is -0.462 e. The zero-order chi connectivity index (χ0) is 60.5. The molecule has 0 spiro atoms. The van der Waals surface area contributed by atoms with Crippen molar-refractivity contribution in [1.82, 2.24) is 0 Å². The van der Waals surface area contributed by atoms with Gasteiger partial charge in [-0.05, 0) is 141 Å². The first-order valence-electron chi connectivity index (χ1n) is 34.0. The van der Waals surface area contributed by atoms with E-state index in [0.29, 0.717) is 12.8 Å². The average molecular weight is 1150 g/mol. The highest BCUT2D eigenvalue weighted by molar-refractivity contribution is 5.70. The van der Waals surface area contributed by atoms with Gasteiger partial charge in [-0.3, -0.25) is 9.59 Å². The first kappa shape index (κ1) is 78.7. The van der Waals surface area contributed by atoms with Gasteiger partial charge < -0.3 is 14.6 Å². The highest BCUT2D eigenvalue weighted by Crippen LogP contribution is 2.15. The molecule has 5 nitrogen and oxygen atoms in total. The summed E-state index contributed by atoms with van der Waals surface area (Å²) in [6.07, 6.45) is 114. The highest BCUT2D eigenvalue weighted by atomic mass is 16.6. The van der Waals surface area contributed by atoms with Gasteiger partial charge in [-0.15, -0.1) is 0 Å². The van der Waals surface area contributed by atoms with Crippen LogP contribution in [0.15, 0.2) is 194 Å². The van der Waals surface area contributed by atoms with Crippen LogP contribution in [0, 0.1) is 0 Å². The van der Waals surface area contributed by atoms with E-state index < -0.39 is 6.10 Å². The molecule has 84 heavy (non-hydrogen) atoms. The molecule has 0 rings (SSSR count). The summed E-state index contributed by atoms with van der Waals surface area (Å²) >= 11 is 0. The molecule has 0 aromatic heterocycles. The van der Waals surface area contributed by atoms with Crippen molar-refractivity contribution in [3.8, 4) is 0 Å². The Morgan fingerprint density at radius 2 is 0.476 bits per heavy atom. The Bertz CT molecular complexity index is 1930. The maximum Gasteiger partial charge on any atom is 0.306 e. The molecular formula is C79H124O5. The fraction of sp³-hybridized carbons (Fsp3) is 0.570. The second kappa shape index (κ2) is 72.0. The molecule has 0 aliphatic heterocycles. The number of carbonyl (C=O) groups excluding carboxylic acids is 2. The summed E-state index contributed by atoms with van der Waals surface area (Å²) in [5, 5.41) is 9.70. The summed E-state index contributed by atoms with van der Waals surface area (Å²) < 4.78 is 10.7. The van der Waals surface area contributed by atoms with Gasteiger partial charge in [0.15, 0.2) is 6.10 Å². The Morgan fingerprint density at radius 3 is 0.714 bits per heavy atom. The van der Waals surface area contributed by atoms with Crippen molar-refractivity contribution in [3.63, 3.8) is 0 Å². The molecule has 0 radical (unpaired) electrons. The summed E-state index contributed by atoms with van der Waals surface area (Å²) in [5.74, 6) is -0.613. The number of esters is 2. The number of carbonyl (C=O) groups is 2. The number of aliphatic hydroxyl groups is 1. The van der Waals surface area contributed by atoms with E-state index in [1.807, 2.05) is 0 Å². The quantitative estimate of drug-likeness (QED) is 0.0373. The summed E-state index contributed by atoms with van der Waals surface area (Å²) in [4.78, 5) is 24.6. The lowest BCUT2D eigenvalue weighted by Gasteiger charge is -2.15. The molecule has 1 atom stereocenters. The largest absolute Gasteiger partial charge is 0.462 e. The molecule has 0 aliphatic carbocycles. The predicted octanol–water partition coefficient (Wildman–Crippen LogP) is 24.0. The fourth-order valence-electron chi connectivity index (χ4n) is 8.88. The van der Waals surface area contributed by atoms with Gasteiger partial charge in [0.1, 0.15) is 6.61 Å². The van der Waals surface area contributed by atoms with E-state index in [2.05, 4.69) is 208 Å². The number of unbranched alkanes of at least 4 members (excludes halogenated alkanes) is 20. The van der Waals surface area contributed by atoms with Gasteiger partial charge in [0, 0.05) is 12.8 Å². The van der Waals surface area contributed by atoms with Gasteiger partial charge in [0.2, 0.25) is 0 Å². The second-order valence-corrected chi connectivity index (χ2v) is 21.8. The van der Waals surface area contributed by atoms with Crippen LogP contribution in [-0.4, -0.2) is 36.4 Å². The highest BCUT2D eigenvalue weighted by Gasteiger charge is 2.16. The molecule has 0 bridgehead atoms. The maximum atomic E-state index is 12.4. The van der Waals surface area contributed by atoms with Crippen molar-refractivity contribution in [3.05, 3.63) is 194 Å². The van der Waals surface area contributed by atoms with Crippen LogP contribution in [0.1, 0.15) is 271 Å². The van der Waals surface area contributed by atoms with E-state index in [0.717, 1.165) is 148 Å². The molecule has 470 valence electrons. The third kappa shape index (κ3) is 69.2. The SMILES string of the molecule is CC/C=C\C/C=C\C/C=C\C/C=C\C/C=C\C/C=C\C/C=C\C/C=C\C/C=C\C/C=C\C/C=C\CCCCCCCCCC(=O)OC(CO)COC(=O)CCCCCCCCCCCCCCC/C=C\C/C=C\C/C=C\C/C=C\C/C=C\CC. The lowest BCUT2D eigenvalue weighted by Crippen LogP contribution is -2.28. The van der Waals surface area contributed by atoms with Gasteiger partial charge >= 0.3 is 11.9 Å². The Kier molecular flexibility index (Phi) is 67.5. The zero-order valence-electron chi connectivity index (χ0n) is 53.8. The topological polar surface area (TPSA) is 72.8 Å². The molecule has 0 aromatic rings. The minimum absolute atomic E-state index is 0.0819. The zero-order valence-corrected chi connectivity index (χ0v) is 53.8. The van der Waals surface area contributed by atoms with E-state index in [-0.39, 0.29) is 25.2 Å². The monoisotopic (exact) mass is 1150 g/mol. The summed E-state index contributed by atoms with van der Waals surface area (Å²) in [6, 6.07) is 0. The lowest BCUT2D eigenvalue weighted by molar-refractivity contribution is -0.161. The van der Waals surface area contributed by atoms with Crippen molar-refractivity contribution in [1.29, 1.82) is 0 Å². The number of hydrogen-bond acceptors (Lipinski definition) is 5. The maximum absolute atomic E-state index is 12.4. The molecule has 0 amide bonds. The number of ether oxygens (including phenoxy) is 2. The molecule has 0 saturated carbocycles. The van der Waals surface area contributed by atoms with Crippen LogP contribution in [-0.2, 0) is 19.1 Å². The molecule has 1 N–H and O–H groups in total. The molecule has 1 unspecified atom stereocenters. The van der Waals surface area contributed by atoms with Crippen molar-refractivity contribution >= 4 is 11.9 Å². The number of allylic oxidation sites excluding steroid dienone is 32. The first-order valence-corrected chi connectivity index (χ1v) is 34.0. The van der Waals surface area contributed by atoms with Crippen LogP contribution in [0.3, 0.4) is 0 Å². The van der Waals surface area contributed by atoms with E-state index in [9.17, 15) is 14.7 Å². The van der Waals surface area contributed by atoms with Crippen molar-refractivity contribution in [2.75, 3.05) is 13.2 Å². The van der Waals surface area contributed by atoms with Crippen LogP contribution in [0.2, 0.25) is 0 Å². The van der Waals surface area contributed by atoms with Crippen LogP contribution in [0.5, 0.6) is 0 Å². The standard InChI is InChI=1S/C79H124O5/c1-3-5-7-9-11-13-15-17-19-21-23-25-27-29-31-33-34-35-36-37-38-39-40-41-42-43-44-46-48-50-52-54-56-58-60-62-64-66-68-70-72-74-79(82)84-77(75-80)76-83-78(81)73-71-69-67-65-63-61-59-57-55-53-51-49-47-45-32-30-28-26-24-22-20-18-16-14-12-10-8-6-4-2/h5-8,11-14,17-20,23-26,29-32,34-35,37-38,40-41,43-44,48,50,54,56,77,80H,3-4,9-10,15-16,21-22,27-28,33,36,39,42,45-47,49,51-53,55,57-76H2,1-2H3/b7-5-,8-6-,13-11-,14-12-,19-17-,20-18-,25-23-,26-24-,31-29-,32-30-,35-34-,38-37-,41-40-,44-43-,50-48-,56-54-. The summed E-state index contributed by atoms with van der Waals surface area (Å²) in [7, 11) is 0. The molecule has 0 saturated heterocycles. The fourth-order valence-corrected chi connectivity index (χ4v) is 8.88. The van der Waals surface area contributed by atoms with E-state index in [4.69, 9.17) is 9.47 Å². The second-order valence-electron chi connectivity index (χ2n) is 21.8. The third-order valence-electron chi connectivity index (χ3n) is 13.9. The predicted molar refractivity (Wildman–Crippen MR) is 370 cm³/mol. The van der Waals surface area contributed by atoms with Crippen molar-refractivity contribution in [2.45, 2.75) is 277 Å². The number of hydrogen-bond donors (Lipinski definition) is 1. The van der Waals surface area contributed by atoms with Crippen LogP contribution in [0.4, 0.5) is 0 Å². The van der Waals surface area contributed by atoms with Crippen molar-refractivity contribution in [2.24, 2.45) is 0 Å². The molecule has 0 aliphatic rings. The average Bonchev–Trinajstić information content (AvgIpc) is 3.51. The van der Waals surface area contributed by atoms with Gasteiger partial charge in [-0.25, -0.2) is 0 Å². The minimum atomic E-state index is -0.794. The molecular weight excluding hydrogens is 1030 g/mol. The van der Waals surface area contributed by atoms with E-state index >= 15 is 0 Å². The van der Waals surface area contributed by atoms with Gasteiger partial charge in [0.05, 0.1) is 6.61 Å². The van der Waals surface area contributed by atoms with Crippen LogP contribution < -0.4 is 0 Å². The van der Waals surface area contributed by atoms with Crippen LogP contribution in [0.25, 0.3) is 0 Å². The number of aliphatic hydroxyl groups excluding tert-OH is 1. The first-order chi connectivity index (χ1) is 41.6. The number of rotatable bonds is 60. The lowest BCUT2D eigenvalue weighted by atomic mass is 10.0. The Labute approximate surface area is 518 Å². The van der Waals surface area contributed by atoms with Gasteiger partial charge in [-0.2, -0.15) is 0 Å². The third-order valence-corrected chi connectivity index (χ3v) is 13.9. The van der Waals surface area contributed by atoms with Crippen LogP contribution >= 0.6 is 0 Å².